The molecule has 0 aliphatic rings. The smallest absolute Gasteiger partial charge is 0.271 e. The van der Waals surface area contributed by atoms with E-state index in [9.17, 15) is 13.2 Å². The Balaban J connectivity index is 2.18. The van der Waals surface area contributed by atoms with Crippen LogP contribution in [0.5, 0.6) is 0 Å². The molecule has 1 aromatic heterocycles. The summed E-state index contributed by atoms with van der Waals surface area (Å²) in [5.41, 5.74) is 0.878. The predicted molar refractivity (Wildman–Crippen MR) is 107 cm³/mol. The molecular weight excluding hydrogens is 368 g/mol. The highest BCUT2D eigenvalue weighted by atomic mass is 32.2. The second-order valence-corrected chi connectivity index (χ2v) is 9.27. The van der Waals surface area contributed by atoms with E-state index in [1.807, 2.05) is 18.7 Å². The van der Waals surface area contributed by atoms with Gasteiger partial charge in [0.2, 0.25) is 0 Å². The molecule has 1 heterocycles. The van der Waals surface area contributed by atoms with Crippen molar-refractivity contribution < 1.29 is 13.2 Å². The third-order valence-electron chi connectivity index (χ3n) is 4.01. The lowest BCUT2D eigenvalue weighted by atomic mass is 10.1. The first-order chi connectivity index (χ1) is 12.3. The summed E-state index contributed by atoms with van der Waals surface area (Å²) in [6.45, 7) is 6.82. The standard InChI is InChI=1S/C19H26N2O3S2/c1-4-5-6-12-21(15(2)3)19(22)16-9-7-10-17(14-16)20-26(23,24)18-11-8-13-25-18/h7-11,13-15,20H,4-6,12H2,1-3H3. The number of nitrogens with zero attached hydrogens (tertiary/aromatic N) is 1. The fourth-order valence-electron chi connectivity index (χ4n) is 2.63. The van der Waals surface area contributed by atoms with Crippen molar-refractivity contribution >= 4 is 33.0 Å². The molecule has 5 nitrogen and oxygen atoms in total. The van der Waals surface area contributed by atoms with Crippen LogP contribution in [0.25, 0.3) is 0 Å². The topological polar surface area (TPSA) is 66.5 Å². The van der Waals surface area contributed by atoms with E-state index in [0.29, 0.717) is 17.8 Å². The van der Waals surface area contributed by atoms with Gasteiger partial charge in [-0.3, -0.25) is 9.52 Å². The number of hydrogen-bond acceptors (Lipinski definition) is 4. The molecule has 0 atom stereocenters. The number of hydrogen-bond donors (Lipinski definition) is 1. The first kappa shape index (κ1) is 20.5. The fourth-order valence-corrected chi connectivity index (χ4v) is 4.67. The lowest BCUT2D eigenvalue weighted by Gasteiger charge is -2.27. The lowest BCUT2D eigenvalue weighted by Crippen LogP contribution is -2.37. The Labute approximate surface area is 160 Å². The van der Waals surface area contributed by atoms with Crippen molar-refractivity contribution in [3.63, 3.8) is 0 Å². The van der Waals surface area contributed by atoms with E-state index >= 15 is 0 Å². The number of carbonyl (C=O) groups excluding carboxylic acids is 1. The van der Waals surface area contributed by atoms with Crippen LogP contribution in [0, 0.1) is 0 Å². The Kier molecular flexibility index (Phi) is 7.23. The van der Waals surface area contributed by atoms with Crippen molar-refractivity contribution in [2.45, 2.75) is 50.3 Å². The van der Waals surface area contributed by atoms with Gasteiger partial charge in [-0.2, -0.15) is 0 Å². The Hall–Kier alpha value is -1.86. The van der Waals surface area contributed by atoms with Crippen LogP contribution in [-0.2, 0) is 10.0 Å². The van der Waals surface area contributed by atoms with Gasteiger partial charge < -0.3 is 4.90 Å². The molecule has 0 unspecified atom stereocenters. The molecule has 142 valence electrons. The van der Waals surface area contributed by atoms with Crippen LogP contribution in [0.2, 0.25) is 0 Å². The van der Waals surface area contributed by atoms with Gasteiger partial charge in [0.1, 0.15) is 4.21 Å². The summed E-state index contributed by atoms with van der Waals surface area (Å²) in [7, 11) is -3.62. The van der Waals surface area contributed by atoms with E-state index in [1.54, 1.807) is 41.8 Å². The zero-order valence-corrected chi connectivity index (χ0v) is 17.1. The maximum atomic E-state index is 12.9. The molecular formula is C19H26N2O3S2. The van der Waals surface area contributed by atoms with E-state index in [1.165, 1.54) is 0 Å². The molecule has 0 spiro atoms. The number of rotatable bonds is 9. The number of amides is 1. The Morgan fingerprint density at radius 3 is 2.58 bits per heavy atom. The van der Waals surface area contributed by atoms with Crippen molar-refractivity contribution in [1.29, 1.82) is 0 Å². The third-order valence-corrected chi connectivity index (χ3v) is 6.79. The highest BCUT2D eigenvalue weighted by molar-refractivity contribution is 7.94. The average molecular weight is 395 g/mol. The van der Waals surface area contributed by atoms with Crippen molar-refractivity contribution in [2.24, 2.45) is 0 Å². The molecule has 1 aromatic carbocycles. The highest BCUT2D eigenvalue weighted by Crippen LogP contribution is 2.21. The first-order valence-electron chi connectivity index (χ1n) is 8.82. The molecule has 0 fully saturated rings. The van der Waals surface area contributed by atoms with E-state index in [2.05, 4.69) is 11.6 Å². The van der Waals surface area contributed by atoms with Gasteiger partial charge in [0.25, 0.3) is 15.9 Å². The highest BCUT2D eigenvalue weighted by Gasteiger charge is 2.20. The zero-order chi connectivity index (χ0) is 19.2. The maximum absolute atomic E-state index is 12.9. The van der Waals surface area contributed by atoms with Crippen LogP contribution in [0.4, 0.5) is 5.69 Å². The zero-order valence-electron chi connectivity index (χ0n) is 15.4. The second-order valence-electron chi connectivity index (χ2n) is 6.42. The number of unbranched alkanes of at least 4 members (excludes halogenated alkanes) is 2. The van der Waals surface area contributed by atoms with E-state index in [4.69, 9.17) is 0 Å². The molecule has 2 aromatic rings. The second kappa shape index (κ2) is 9.19. The first-order valence-corrected chi connectivity index (χ1v) is 11.2. The molecule has 0 aliphatic carbocycles. The van der Waals surface area contributed by atoms with Crippen LogP contribution < -0.4 is 4.72 Å². The van der Waals surface area contributed by atoms with Crippen LogP contribution >= 0.6 is 11.3 Å². The van der Waals surface area contributed by atoms with Gasteiger partial charge in [-0.1, -0.05) is 31.9 Å². The molecule has 0 saturated carbocycles. The predicted octanol–water partition coefficient (Wildman–Crippen LogP) is 4.59. The van der Waals surface area contributed by atoms with Gasteiger partial charge >= 0.3 is 0 Å². The normalized spacial score (nSPS) is 11.5. The summed E-state index contributed by atoms with van der Waals surface area (Å²) in [6, 6.07) is 10.0. The summed E-state index contributed by atoms with van der Waals surface area (Å²) in [4.78, 5) is 14.7. The minimum Gasteiger partial charge on any atom is -0.336 e. The van der Waals surface area contributed by atoms with E-state index < -0.39 is 10.0 Å². The summed E-state index contributed by atoms with van der Waals surface area (Å²) in [5, 5.41) is 1.71. The summed E-state index contributed by atoms with van der Waals surface area (Å²) >= 11 is 1.15. The minimum absolute atomic E-state index is 0.0757. The van der Waals surface area contributed by atoms with Gasteiger partial charge in [-0.15, -0.1) is 11.3 Å². The van der Waals surface area contributed by atoms with Gasteiger partial charge in [0, 0.05) is 23.8 Å². The molecule has 2 rings (SSSR count). The summed E-state index contributed by atoms with van der Waals surface area (Å²) < 4.78 is 27.5. The van der Waals surface area contributed by atoms with Gasteiger partial charge in [0.05, 0.1) is 0 Å². The third kappa shape index (κ3) is 5.32. The number of thiophene rings is 1. The molecule has 0 radical (unpaired) electrons. The maximum Gasteiger partial charge on any atom is 0.271 e. The van der Waals surface area contributed by atoms with Gasteiger partial charge in [-0.25, -0.2) is 8.42 Å². The van der Waals surface area contributed by atoms with Crippen molar-refractivity contribution in [2.75, 3.05) is 11.3 Å². The van der Waals surface area contributed by atoms with Crippen LogP contribution in [-0.4, -0.2) is 31.8 Å². The van der Waals surface area contributed by atoms with E-state index in [-0.39, 0.29) is 16.2 Å². The number of sulfonamides is 1. The molecule has 0 bridgehead atoms. The Bertz CT molecular complexity index is 815. The summed E-state index contributed by atoms with van der Waals surface area (Å²) in [5.74, 6) is -0.0757. The summed E-state index contributed by atoms with van der Waals surface area (Å²) in [6.07, 6.45) is 3.14. The SMILES string of the molecule is CCCCCN(C(=O)c1cccc(NS(=O)(=O)c2cccs2)c1)C(C)C. The van der Waals surface area contributed by atoms with Crippen molar-refractivity contribution in [1.82, 2.24) is 4.90 Å². The Morgan fingerprint density at radius 1 is 1.19 bits per heavy atom. The largest absolute Gasteiger partial charge is 0.336 e. The molecule has 26 heavy (non-hydrogen) atoms. The number of nitrogens with one attached hydrogen (secondary N) is 1. The van der Waals surface area contributed by atoms with Crippen LogP contribution in [0.3, 0.4) is 0 Å². The molecule has 0 saturated heterocycles. The molecule has 1 N–H and O–H groups in total. The van der Waals surface area contributed by atoms with Crippen LogP contribution in [0.15, 0.2) is 46.0 Å². The quantitative estimate of drug-likeness (QED) is 0.633. The van der Waals surface area contributed by atoms with Gasteiger partial charge in [-0.05, 0) is 49.9 Å². The number of benzene rings is 1. The van der Waals surface area contributed by atoms with E-state index in [0.717, 1.165) is 30.6 Å². The monoisotopic (exact) mass is 394 g/mol. The number of anilines is 1. The lowest BCUT2D eigenvalue weighted by molar-refractivity contribution is 0.0702. The average Bonchev–Trinajstić information content (AvgIpc) is 3.13. The van der Waals surface area contributed by atoms with Crippen LogP contribution in [0.1, 0.15) is 50.4 Å². The number of carbonyl (C=O) groups is 1. The van der Waals surface area contributed by atoms with Crippen molar-refractivity contribution in [3.8, 4) is 0 Å². The molecule has 0 aliphatic heterocycles. The molecule has 7 heteroatoms. The molecule has 1 amide bonds. The fraction of sp³-hybridized carbons (Fsp3) is 0.421. The van der Waals surface area contributed by atoms with Crippen molar-refractivity contribution in [3.05, 3.63) is 47.3 Å². The minimum atomic E-state index is -3.62. The Morgan fingerprint density at radius 2 is 1.96 bits per heavy atom. The van der Waals surface area contributed by atoms with Gasteiger partial charge in [0.15, 0.2) is 0 Å².